The average molecular weight is 475 g/mol. The number of amides is 1. The minimum absolute atomic E-state index is 0.1000. The highest BCUT2D eigenvalue weighted by molar-refractivity contribution is 7.89. The monoisotopic (exact) mass is 474 g/mol. The molecule has 3 rings (SSSR count). The maximum Gasteiger partial charge on any atom is 0.243 e. The molecule has 0 aliphatic carbocycles. The van der Waals surface area contributed by atoms with E-state index in [1.54, 1.807) is 31.4 Å². The SMILES string of the molecule is CCN(CC)c1ccc(NC(=O)CN2CCCN(S(=O)(=O)c3ccc(OC)cc3)CC2)cc1. The Labute approximate surface area is 197 Å². The van der Waals surface area contributed by atoms with Gasteiger partial charge in [-0.05, 0) is 75.3 Å². The third-order valence-electron chi connectivity index (χ3n) is 5.89. The number of anilines is 2. The van der Waals surface area contributed by atoms with Crippen LogP contribution in [0.2, 0.25) is 0 Å². The predicted molar refractivity (Wildman–Crippen MR) is 131 cm³/mol. The van der Waals surface area contributed by atoms with E-state index in [4.69, 9.17) is 4.74 Å². The smallest absolute Gasteiger partial charge is 0.243 e. The lowest BCUT2D eigenvalue weighted by atomic mass is 10.2. The lowest BCUT2D eigenvalue weighted by Gasteiger charge is -2.22. The Morgan fingerprint density at radius 2 is 1.64 bits per heavy atom. The van der Waals surface area contributed by atoms with E-state index in [0.717, 1.165) is 24.5 Å². The van der Waals surface area contributed by atoms with Crippen LogP contribution in [0.1, 0.15) is 20.3 Å². The number of carbonyl (C=O) groups excluding carboxylic acids is 1. The average Bonchev–Trinajstić information content (AvgIpc) is 3.07. The molecule has 1 N–H and O–H groups in total. The summed E-state index contributed by atoms with van der Waals surface area (Å²) in [4.78, 5) is 17.1. The van der Waals surface area contributed by atoms with Crippen LogP contribution in [0.15, 0.2) is 53.4 Å². The minimum atomic E-state index is -3.58. The summed E-state index contributed by atoms with van der Waals surface area (Å²) in [5, 5.41) is 2.95. The molecule has 1 aliphatic heterocycles. The van der Waals surface area contributed by atoms with E-state index in [-0.39, 0.29) is 17.3 Å². The molecule has 9 heteroatoms. The second-order valence-corrected chi connectivity index (χ2v) is 9.91. The molecule has 0 aromatic heterocycles. The van der Waals surface area contributed by atoms with Crippen molar-refractivity contribution in [1.82, 2.24) is 9.21 Å². The van der Waals surface area contributed by atoms with Crippen molar-refractivity contribution >= 4 is 27.3 Å². The highest BCUT2D eigenvalue weighted by Crippen LogP contribution is 2.21. The highest BCUT2D eigenvalue weighted by atomic mass is 32.2. The second kappa shape index (κ2) is 11.5. The van der Waals surface area contributed by atoms with Crippen molar-refractivity contribution in [1.29, 1.82) is 0 Å². The number of hydrogen-bond donors (Lipinski definition) is 1. The van der Waals surface area contributed by atoms with Gasteiger partial charge in [-0.1, -0.05) is 0 Å². The Bertz CT molecular complexity index is 1010. The summed E-state index contributed by atoms with van der Waals surface area (Å²) in [5.74, 6) is 0.516. The summed E-state index contributed by atoms with van der Waals surface area (Å²) in [7, 11) is -2.03. The Hall–Kier alpha value is -2.62. The van der Waals surface area contributed by atoms with Crippen molar-refractivity contribution in [3.8, 4) is 5.75 Å². The van der Waals surface area contributed by atoms with Crippen LogP contribution in [-0.4, -0.2) is 76.5 Å². The molecule has 8 nitrogen and oxygen atoms in total. The third kappa shape index (κ3) is 6.46. The van der Waals surface area contributed by atoms with Gasteiger partial charge >= 0.3 is 0 Å². The number of nitrogens with zero attached hydrogens (tertiary/aromatic N) is 3. The van der Waals surface area contributed by atoms with Gasteiger partial charge in [0.25, 0.3) is 0 Å². The number of hydrogen-bond acceptors (Lipinski definition) is 6. The highest BCUT2D eigenvalue weighted by Gasteiger charge is 2.27. The fourth-order valence-corrected chi connectivity index (χ4v) is 5.46. The largest absolute Gasteiger partial charge is 0.497 e. The minimum Gasteiger partial charge on any atom is -0.497 e. The zero-order chi connectivity index (χ0) is 23.8. The second-order valence-electron chi connectivity index (χ2n) is 7.98. The van der Waals surface area contributed by atoms with E-state index in [2.05, 4.69) is 24.1 Å². The number of carbonyl (C=O) groups is 1. The van der Waals surface area contributed by atoms with Crippen LogP contribution in [0.3, 0.4) is 0 Å². The molecule has 0 radical (unpaired) electrons. The van der Waals surface area contributed by atoms with Crippen molar-refractivity contribution in [3.63, 3.8) is 0 Å². The summed E-state index contributed by atoms with van der Waals surface area (Å²) in [6, 6.07) is 14.3. The molecular formula is C24H34N4O4S. The Kier molecular flexibility index (Phi) is 8.71. The van der Waals surface area contributed by atoms with Gasteiger partial charge in [0, 0.05) is 44.1 Å². The molecule has 1 heterocycles. The van der Waals surface area contributed by atoms with Crippen molar-refractivity contribution in [2.45, 2.75) is 25.2 Å². The molecule has 1 fully saturated rings. The van der Waals surface area contributed by atoms with Gasteiger partial charge in [-0.25, -0.2) is 8.42 Å². The van der Waals surface area contributed by atoms with Gasteiger partial charge in [0.15, 0.2) is 0 Å². The van der Waals surface area contributed by atoms with Gasteiger partial charge < -0.3 is 15.0 Å². The number of nitrogens with one attached hydrogen (secondary N) is 1. The van der Waals surface area contributed by atoms with Crippen LogP contribution >= 0.6 is 0 Å². The van der Waals surface area contributed by atoms with Crippen LogP contribution in [0, 0.1) is 0 Å². The Morgan fingerprint density at radius 1 is 0.970 bits per heavy atom. The number of sulfonamides is 1. The Balaban J connectivity index is 1.54. The maximum absolute atomic E-state index is 13.0. The zero-order valence-corrected chi connectivity index (χ0v) is 20.5. The first-order chi connectivity index (χ1) is 15.9. The van der Waals surface area contributed by atoms with E-state index < -0.39 is 10.0 Å². The van der Waals surface area contributed by atoms with Gasteiger partial charge in [-0.15, -0.1) is 0 Å². The first-order valence-electron chi connectivity index (χ1n) is 11.4. The molecular weight excluding hydrogens is 440 g/mol. The number of ether oxygens (including phenoxy) is 1. The summed E-state index contributed by atoms with van der Waals surface area (Å²) in [6.45, 7) is 8.28. The van der Waals surface area contributed by atoms with E-state index in [1.165, 1.54) is 4.31 Å². The predicted octanol–water partition coefficient (Wildman–Crippen LogP) is 2.88. The van der Waals surface area contributed by atoms with E-state index in [0.29, 0.717) is 38.3 Å². The van der Waals surface area contributed by atoms with Crippen LogP contribution in [0.4, 0.5) is 11.4 Å². The number of methoxy groups -OCH3 is 1. The molecule has 0 unspecified atom stereocenters. The van der Waals surface area contributed by atoms with Crippen LogP contribution in [0.5, 0.6) is 5.75 Å². The molecule has 0 saturated carbocycles. The summed E-state index contributed by atoms with van der Waals surface area (Å²) >= 11 is 0. The maximum atomic E-state index is 13.0. The van der Waals surface area contributed by atoms with Crippen molar-refractivity contribution < 1.29 is 17.9 Å². The van der Waals surface area contributed by atoms with Crippen LogP contribution in [-0.2, 0) is 14.8 Å². The van der Waals surface area contributed by atoms with E-state index >= 15 is 0 Å². The molecule has 1 aliphatic rings. The van der Waals surface area contributed by atoms with Gasteiger partial charge in [0.2, 0.25) is 15.9 Å². The summed E-state index contributed by atoms with van der Waals surface area (Å²) in [5.41, 5.74) is 1.89. The fraction of sp³-hybridized carbons (Fsp3) is 0.458. The lowest BCUT2D eigenvalue weighted by Crippen LogP contribution is -2.38. The molecule has 0 atom stereocenters. The van der Waals surface area contributed by atoms with Crippen LogP contribution in [0.25, 0.3) is 0 Å². The molecule has 0 spiro atoms. The standard InChI is InChI=1S/C24H34N4O4S/c1-4-27(5-2)21-9-7-20(8-10-21)25-24(29)19-26-15-6-16-28(18-17-26)33(30,31)23-13-11-22(32-3)12-14-23/h7-14H,4-6,15-19H2,1-3H3,(H,25,29). The zero-order valence-electron chi connectivity index (χ0n) is 19.7. The van der Waals surface area contributed by atoms with Crippen molar-refractivity contribution in [2.75, 3.05) is 63.1 Å². The van der Waals surface area contributed by atoms with E-state index in [1.807, 2.05) is 29.2 Å². The molecule has 180 valence electrons. The quantitative estimate of drug-likeness (QED) is 0.602. The van der Waals surface area contributed by atoms with E-state index in [9.17, 15) is 13.2 Å². The first kappa shape index (κ1) is 25.0. The molecule has 1 amide bonds. The third-order valence-corrected chi connectivity index (χ3v) is 7.80. The lowest BCUT2D eigenvalue weighted by molar-refractivity contribution is -0.117. The van der Waals surface area contributed by atoms with Gasteiger partial charge in [-0.2, -0.15) is 4.31 Å². The van der Waals surface area contributed by atoms with Gasteiger partial charge in [-0.3, -0.25) is 9.69 Å². The topological polar surface area (TPSA) is 82.2 Å². The fourth-order valence-electron chi connectivity index (χ4n) is 3.99. The van der Waals surface area contributed by atoms with Crippen molar-refractivity contribution in [2.24, 2.45) is 0 Å². The van der Waals surface area contributed by atoms with Gasteiger partial charge in [0.1, 0.15) is 5.75 Å². The molecule has 0 bridgehead atoms. The Morgan fingerprint density at radius 3 is 2.24 bits per heavy atom. The molecule has 33 heavy (non-hydrogen) atoms. The molecule has 2 aromatic carbocycles. The number of rotatable bonds is 9. The van der Waals surface area contributed by atoms with Crippen molar-refractivity contribution in [3.05, 3.63) is 48.5 Å². The van der Waals surface area contributed by atoms with Crippen LogP contribution < -0.4 is 15.0 Å². The molecule has 1 saturated heterocycles. The summed E-state index contributed by atoms with van der Waals surface area (Å²) < 4.78 is 32.6. The molecule has 2 aromatic rings. The normalized spacial score (nSPS) is 15.6. The number of benzene rings is 2. The van der Waals surface area contributed by atoms with Gasteiger partial charge in [0.05, 0.1) is 18.6 Å². The summed E-state index contributed by atoms with van der Waals surface area (Å²) in [6.07, 6.45) is 0.668. The first-order valence-corrected chi connectivity index (χ1v) is 12.8.